The summed E-state index contributed by atoms with van der Waals surface area (Å²) in [6, 6.07) is 13.3. The normalized spacial score (nSPS) is 13.7. The van der Waals surface area contributed by atoms with Crippen molar-refractivity contribution in [3.8, 4) is 0 Å². The van der Waals surface area contributed by atoms with Crippen LogP contribution in [0, 0.1) is 0 Å². The van der Waals surface area contributed by atoms with Crippen LogP contribution < -0.4 is 27.4 Å². The number of aliphatic carboxylic acids is 2. The molecule has 2 rings (SSSR count). The van der Waals surface area contributed by atoms with Gasteiger partial charge in [0.1, 0.15) is 18.1 Å². The molecule has 0 aliphatic rings. The maximum absolute atomic E-state index is 13.4. The second-order valence-electron chi connectivity index (χ2n) is 9.72. The largest absolute Gasteiger partial charge is 0.481 e. The van der Waals surface area contributed by atoms with Crippen molar-refractivity contribution in [2.24, 2.45) is 11.5 Å². The van der Waals surface area contributed by atoms with E-state index in [-0.39, 0.29) is 25.7 Å². The lowest BCUT2D eigenvalue weighted by molar-refractivity contribution is -0.143. The Morgan fingerprint density at radius 2 is 1.17 bits per heavy atom. The molecule has 0 spiro atoms. The van der Waals surface area contributed by atoms with E-state index in [0.29, 0.717) is 19.4 Å². The van der Waals surface area contributed by atoms with Gasteiger partial charge < -0.3 is 37.6 Å². The van der Waals surface area contributed by atoms with Gasteiger partial charge in [-0.1, -0.05) is 60.7 Å². The fourth-order valence-electron chi connectivity index (χ4n) is 4.13. The molecule has 12 heteroatoms. The summed E-state index contributed by atoms with van der Waals surface area (Å²) in [6.45, 7) is 0.362. The van der Waals surface area contributed by atoms with E-state index >= 15 is 0 Å². The number of unbranched alkanes of at least 4 members (excludes halogenated alkanes) is 1. The molecule has 41 heavy (non-hydrogen) atoms. The quantitative estimate of drug-likeness (QED) is 0.123. The van der Waals surface area contributed by atoms with Crippen LogP contribution in [0.15, 0.2) is 60.7 Å². The molecule has 12 nitrogen and oxygen atoms in total. The van der Waals surface area contributed by atoms with Gasteiger partial charge in [-0.3, -0.25) is 19.2 Å². The minimum absolute atomic E-state index is 0.0700. The zero-order valence-electron chi connectivity index (χ0n) is 22.8. The van der Waals surface area contributed by atoms with Gasteiger partial charge >= 0.3 is 11.9 Å². The number of carboxylic acid groups (broad SMARTS) is 2. The van der Waals surface area contributed by atoms with Crippen LogP contribution in [0.25, 0.3) is 0 Å². The second-order valence-corrected chi connectivity index (χ2v) is 9.72. The first-order chi connectivity index (χ1) is 19.6. The summed E-state index contributed by atoms with van der Waals surface area (Å²) in [7, 11) is 0. The molecule has 0 aliphatic heterocycles. The third-order valence-corrected chi connectivity index (χ3v) is 6.39. The molecule has 0 saturated heterocycles. The van der Waals surface area contributed by atoms with Crippen LogP contribution in [-0.4, -0.2) is 70.6 Å². The molecule has 4 unspecified atom stereocenters. The number of carbonyl (C=O) groups is 5. The number of hydrogen-bond donors (Lipinski definition) is 7. The van der Waals surface area contributed by atoms with Crippen molar-refractivity contribution in [2.45, 2.75) is 69.1 Å². The molecule has 3 amide bonds. The average molecular weight is 570 g/mol. The molecule has 0 aliphatic carbocycles. The van der Waals surface area contributed by atoms with Crippen molar-refractivity contribution in [1.82, 2.24) is 16.0 Å². The van der Waals surface area contributed by atoms with Crippen LogP contribution in [0.3, 0.4) is 0 Å². The first-order valence-electron chi connectivity index (χ1n) is 13.5. The van der Waals surface area contributed by atoms with Crippen LogP contribution in [0.5, 0.6) is 0 Å². The fourth-order valence-corrected chi connectivity index (χ4v) is 4.13. The molecule has 0 heterocycles. The number of amides is 3. The van der Waals surface area contributed by atoms with E-state index in [0.717, 1.165) is 11.1 Å². The van der Waals surface area contributed by atoms with Crippen LogP contribution in [0.2, 0.25) is 0 Å². The highest BCUT2D eigenvalue weighted by Gasteiger charge is 2.30. The lowest BCUT2D eigenvalue weighted by Gasteiger charge is -2.25. The van der Waals surface area contributed by atoms with Crippen LogP contribution in [0.4, 0.5) is 0 Å². The Bertz CT molecular complexity index is 1150. The SMILES string of the molecule is NCCCCC(NC(=O)C(CCC(=O)O)NC(=O)C(Cc1ccccc1)NC(=O)C(N)Cc1ccccc1)C(=O)O. The van der Waals surface area contributed by atoms with E-state index in [1.165, 1.54) is 0 Å². The summed E-state index contributed by atoms with van der Waals surface area (Å²) < 4.78 is 0. The lowest BCUT2D eigenvalue weighted by Crippen LogP contribution is -2.57. The molecule has 2 aromatic rings. The maximum Gasteiger partial charge on any atom is 0.326 e. The first-order valence-corrected chi connectivity index (χ1v) is 13.5. The molecular formula is C29H39N5O7. The number of nitrogens with one attached hydrogen (secondary N) is 3. The van der Waals surface area contributed by atoms with Crippen LogP contribution in [-0.2, 0) is 36.8 Å². The van der Waals surface area contributed by atoms with Gasteiger partial charge in [0.15, 0.2) is 0 Å². The summed E-state index contributed by atoms with van der Waals surface area (Å²) in [5.74, 6) is -4.63. The molecule has 0 radical (unpaired) electrons. The van der Waals surface area contributed by atoms with E-state index in [2.05, 4.69) is 16.0 Å². The van der Waals surface area contributed by atoms with E-state index in [9.17, 15) is 34.2 Å². The van der Waals surface area contributed by atoms with Gasteiger partial charge in [-0.05, 0) is 49.8 Å². The van der Waals surface area contributed by atoms with Crippen molar-refractivity contribution in [2.75, 3.05) is 6.54 Å². The zero-order valence-corrected chi connectivity index (χ0v) is 22.8. The van der Waals surface area contributed by atoms with Gasteiger partial charge in [-0.15, -0.1) is 0 Å². The van der Waals surface area contributed by atoms with Crippen molar-refractivity contribution in [1.29, 1.82) is 0 Å². The summed E-state index contributed by atoms with van der Waals surface area (Å²) >= 11 is 0. The van der Waals surface area contributed by atoms with Gasteiger partial charge in [-0.25, -0.2) is 4.79 Å². The average Bonchev–Trinajstić information content (AvgIpc) is 2.95. The van der Waals surface area contributed by atoms with E-state index in [4.69, 9.17) is 11.5 Å². The highest BCUT2D eigenvalue weighted by molar-refractivity contribution is 5.94. The first kappa shape index (κ1) is 32.9. The van der Waals surface area contributed by atoms with E-state index in [1.54, 1.807) is 30.3 Å². The van der Waals surface area contributed by atoms with E-state index < -0.39 is 60.2 Å². The molecule has 0 fully saturated rings. The third kappa shape index (κ3) is 12.2. The number of carbonyl (C=O) groups excluding carboxylic acids is 3. The summed E-state index contributed by atoms with van der Waals surface area (Å²) in [6.07, 6.45) is 0.685. The standard InChI is InChI=1S/C29H39N5O7/c30-16-8-7-13-23(29(40)41)33-27(38)22(14-15-25(35)36)32-28(39)24(18-20-11-5-2-6-12-20)34-26(37)21(31)17-19-9-3-1-4-10-19/h1-6,9-12,21-24H,7-8,13-18,30-31H2,(H,32,39)(H,33,38)(H,34,37)(H,35,36)(H,40,41). The Morgan fingerprint density at radius 3 is 1.71 bits per heavy atom. The predicted molar refractivity (Wildman–Crippen MR) is 151 cm³/mol. The van der Waals surface area contributed by atoms with Crippen LogP contribution in [0.1, 0.15) is 43.2 Å². The predicted octanol–water partition coefficient (Wildman–Crippen LogP) is 0.332. The Kier molecular flexibility index (Phi) is 14.0. The zero-order chi connectivity index (χ0) is 30.2. The molecule has 2 aromatic carbocycles. The number of carboxylic acids is 2. The summed E-state index contributed by atoms with van der Waals surface area (Å²) in [5.41, 5.74) is 13.1. The number of hydrogen-bond acceptors (Lipinski definition) is 7. The Hall–Kier alpha value is -4.29. The van der Waals surface area contributed by atoms with Crippen molar-refractivity contribution >= 4 is 29.7 Å². The number of nitrogens with two attached hydrogens (primary N) is 2. The molecule has 9 N–H and O–H groups in total. The topological polar surface area (TPSA) is 214 Å². The van der Waals surface area contributed by atoms with Gasteiger partial charge in [-0.2, -0.15) is 0 Å². The van der Waals surface area contributed by atoms with Gasteiger partial charge in [0.05, 0.1) is 6.04 Å². The van der Waals surface area contributed by atoms with Crippen molar-refractivity contribution < 1.29 is 34.2 Å². The Balaban J connectivity index is 2.20. The summed E-state index contributed by atoms with van der Waals surface area (Å²) in [4.78, 5) is 62.4. The second kappa shape index (κ2) is 17.4. The molecule has 0 saturated carbocycles. The van der Waals surface area contributed by atoms with Gasteiger partial charge in [0.25, 0.3) is 0 Å². The Morgan fingerprint density at radius 1 is 0.659 bits per heavy atom. The highest BCUT2D eigenvalue weighted by Crippen LogP contribution is 2.09. The van der Waals surface area contributed by atoms with Crippen molar-refractivity contribution in [3.63, 3.8) is 0 Å². The summed E-state index contributed by atoms with van der Waals surface area (Å²) in [5, 5.41) is 26.3. The van der Waals surface area contributed by atoms with Crippen LogP contribution >= 0.6 is 0 Å². The lowest BCUT2D eigenvalue weighted by atomic mass is 10.0. The minimum Gasteiger partial charge on any atom is -0.481 e. The smallest absolute Gasteiger partial charge is 0.326 e. The monoisotopic (exact) mass is 569 g/mol. The molecule has 222 valence electrons. The van der Waals surface area contributed by atoms with Gasteiger partial charge in [0.2, 0.25) is 17.7 Å². The molecular weight excluding hydrogens is 530 g/mol. The van der Waals surface area contributed by atoms with Crippen molar-refractivity contribution in [3.05, 3.63) is 71.8 Å². The van der Waals surface area contributed by atoms with Gasteiger partial charge in [0, 0.05) is 12.8 Å². The highest BCUT2D eigenvalue weighted by atomic mass is 16.4. The number of benzene rings is 2. The fraction of sp³-hybridized carbons (Fsp3) is 0.414. The number of rotatable bonds is 18. The molecule has 0 aromatic heterocycles. The maximum atomic E-state index is 13.4. The third-order valence-electron chi connectivity index (χ3n) is 6.39. The Labute approximate surface area is 238 Å². The van der Waals surface area contributed by atoms with E-state index in [1.807, 2.05) is 30.3 Å². The molecule has 4 atom stereocenters. The minimum atomic E-state index is -1.36. The molecule has 0 bridgehead atoms.